The Morgan fingerprint density at radius 1 is 1.43 bits per heavy atom. The smallest absolute Gasteiger partial charge is 0.123 e. The molecule has 0 amide bonds. The second kappa shape index (κ2) is 4.24. The Kier molecular flexibility index (Phi) is 3.25. The van der Waals surface area contributed by atoms with E-state index >= 15 is 0 Å². The van der Waals surface area contributed by atoms with Crippen LogP contribution in [0.5, 0.6) is 5.75 Å². The van der Waals surface area contributed by atoms with Gasteiger partial charge >= 0.3 is 0 Å². The molecule has 0 fully saturated rings. The van der Waals surface area contributed by atoms with Crippen molar-refractivity contribution in [1.82, 2.24) is 0 Å². The summed E-state index contributed by atoms with van der Waals surface area (Å²) in [6.07, 6.45) is 0.809. The summed E-state index contributed by atoms with van der Waals surface area (Å²) >= 11 is 0. The van der Waals surface area contributed by atoms with E-state index in [1.165, 1.54) is 0 Å². The standard InChI is InChI=1S/C11H14O3/c1-11(13,7-8-12)9-3-5-10(14-2)6-4-9/h3-6,8,13H,7H2,1-2H3/t11-/m1/s1. The van der Waals surface area contributed by atoms with Crippen molar-refractivity contribution in [3.63, 3.8) is 0 Å². The van der Waals surface area contributed by atoms with Gasteiger partial charge in [0.1, 0.15) is 12.0 Å². The molecule has 1 N–H and O–H groups in total. The maximum Gasteiger partial charge on any atom is 0.123 e. The zero-order chi connectivity index (χ0) is 10.6. The summed E-state index contributed by atoms with van der Waals surface area (Å²) in [5.41, 5.74) is -0.376. The fraction of sp³-hybridized carbons (Fsp3) is 0.364. The largest absolute Gasteiger partial charge is 0.497 e. The van der Waals surface area contributed by atoms with Gasteiger partial charge in [-0.05, 0) is 24.6 Å². The van der Waals surface area contributed by atoms with Crippen molar-refractivity contribution in [2.24, 2.45) is 0 Å². The molecule has 76 valence electrons. The normalized spacial score (nSPS) is 14.5. The quantitative estimate of drug-likeness (QED) is 0.739. The average Bonchev–Trinajstić information content (AvgIpc) is 2.18. The van der Waals surface area contributed by atoms with Gasteiger partial charge < -0.3 is 14.6 Å². The highest BCUT2D eigenvalue weighted by molar-refractivity contribution is 5.52. The van der Waals surface area contributed by atoms with Gasteiger partial charge in [-0.15, -0.1) is 0 Å². The lowest BCUT2D eigenvalue weighted by Gasteiger charge is -2.21. The molecular formula is C11H14O3. The monoisotopic (exact) mass is 194 g/mol. The molecule has 0 bridgehead atoms. The molecule has 0 unspecified atom stereocenters. The third kappa shape index (κ3) is 2.33. The highest BCUT2D eigenvalue weighted by Crippen LogP contribution is 2.25. The third-order valence-corrected chi connectivity index (χ3v) is 2.19. The predicted octanol–water partition coefficient (Wildman–Crippen LogP) is 1.49. The zero-order valence-electron chi connectivity index (χ0n) is 8.36. The lowest BCUT2D eigenvalue weighted by atomic mass is 9.93. The van der Waals surface area contributed by atoms with Crippen molar-refractivity contribution in [2.45, 2.75) is 18.9 Å². The van der Waals surface area contributed by atoms with Gasteiger partial charge in [-0.25, -0.2) is 0 Å². The summed E-state index contributed by atoms with van der Waals surface area (Å²) in [5.74, 6) is 0.732. The van der Waals surface area contributed by atoms with E-state index in [0.717, 1.165) is 5.75 Å². The molecule has 0 aliphatic carbocycles. The molecule has 0 radical (unpaired) electrons. The second-order valence-electron chi connectivity index (χ2n) is 3.37. The number of methoxy groups -OCH3 is 1. The SMILES string of the molecule is COc1ccc([C@](C)(O)CC=O)cc1. The molecule has 0 aromatic heterocycles. The molecule has 1 atom stereocenters. The van der Waals surface area contributed by atoms with Crippen LogP contribution in [0.2, 0.25) is 0 Å². The number of carbonyl (C=O) groups is 1. The zero-order valence-corrected chi connectivity index (χ0v) is 8.36. The van der Waals surface area contributed by atoms with Gasteiger partial charge in [0.15, 0.2) is 0 Å². The summed E-state index contributed by atoms with van der Waals surface area (Å²) in [5, 5.41) is 9.88. The number of aldehydes is 1. The van der Waals surface area contributed by atoms with Crippen LogP contribution in [-0.4, -0.2) is 18.5 Å². The Bertz CT molecular complexity index is 301. The van der Waals surface area contributed by atoms with Crippen molar-refractivity contribution < 1.29 is 14.6 Å². The molecule has 1 aromatic carbocycles. The lowest BCUT2D eigenvalue weighted by Crippen LogP contribution is -2.21. The van der Waals surface area contributed by atoms with E-state index < -0.39 is 5.60 Å². The van der Waals surface area contributed by atoms with E-state index in [0.29, 0.717) is 11.8 Å². The van der Waals surface area contributed by atoms with E-state index in [4.69, 9.17) is 4.74 Å². The van der Waals surface area contributed by atoms with Crippen molar-refractivity contribution in [2.75, 3.05) is 7.11 Å². The van der Waals surface area contributed by atoms with Crippen LogP contribution >= 0.6 is 0 Å². The first-order valence-electron chi connectivity index (χ1n) is 4.40. The lowest BCUT2D eigenvalue weighted by molar-refractivity contribution is -0.112. The molecule has 14 heavy (non-hydrogen) atoms. The molecule has 3 nitrogen and oxygen atoms in total. The van der Waals surface area contributed by atoms with E-state index in [2.05, 4.69) is 0 Å². The Hall–Kier alpha value is -1.35. The number of hydrogen-bond acceptors (Lipinski definition) is 3. The minimum Gasteiger partial charge on any atom is -0.497 e. The van der Waals surface area contributed by atoms with Crippen LogP contribution in [0.25, 0.3) is 0 Å². The topological polar surface area (TPSA) is 46.5 Å². The van der Waals surface area contributed by atoms with Crippen LogP contribution in [0.3, 0.4) is 0 Å². The summed E-state index contributed by atoms with van der Waals surface area (Å²) in [4.78, 5) is 10.3. The molecule has 1 rings (SSSR count). The van der Waals surface area contributed by atoms with E-state index in [1.807, 2.05) is 0 Å². The van der Waals surface area contributed by atoms with Crippen molar-refractivity contribution in [1.29, 1.82) is 0 Å². The highest BCUT2D eigenvalue weighted by atomic mass is 16.5. The number of benzene rings is 1. The molecule has 0 saturated heterocycles. The number of aliphatic hydroxyl groups is 1. The molecule has 0 aliphatic heterocycles. The Labute approximate surface area is 83.3 Å². The van der Waals surface area contributed by atoms with Crippen molar-refractivity contribution in [3.05, 3.63) is 29.8 Å². The summed E-state index contributed by atoms with van der Waals surface area (Å²) in [6, 6.07) is 7.02. The maximum absolute atomic E-state index is 10.3. The van der Waals surface area contributed by atoms with Gasteiger partial charge in [0.2, 0.25) is 0 Å². The highest BCUT2D eigenvalue weighted by Gasteiger charge is 2.21. The van der Waals surface area contributed by atoms with Crippen LogP contribution in [0.4, 0.5) is 0 Å². The van der Waals surface area contributed by atoms with E-state index in [1.54, 1.807) is 38.3 Å². The first kappa shape index (κ1) is 10.7. The fourth-order valence-corrected chi connectivity index (χ4v) is 1.23. The maximum atomic E-state index is 10.3. The first-order valence-corrected chi connectivity index (χ1v) is 4.40. The molecule has 0 aliphatic rings. The average molecular weight is 194 g/mol. The summed E-state index contributed by atoms with van der Waals surface area (Å²) < 4.78 is 4.99. The van der Waals surface area contributed by atoms with Crippen molar-refractivity contribution >= 4 is 6.29 Å². The molecule has 0 saturated carbocycles. The van der Waals surface area contributed by atoms with Crippen LogP contribution in [-0.2, 0) is 10.4 Å². The second-order valence-corrected chi connectivity index (χ2v) is 3.37. The molecule has 3 heteroatoms. The van der Waals surface area contributed by atoms with E-state index in [-0.39, 0.29) is 6.42 Å². The van der Waals surface area contributed by atoms with Gasteiger partial charge in [0.25, 0.3) is 0 Å². The first-order chi connectivity index (χ1) is 6.60. The molecule has 0 spiro atoms. The number of carbonyl (C=O) groups excluding carboxylic acids is 1. The van der Waals surface area contributed by atoms with Gasteiger partial charge in [0, 0.05) is 6.42 Å². The third-order valence-electron chi connectivity index (χ3n) is 2.19. The fourth-order valence-electron chi connectivity index (χ4n) is 1.23. The van der Waals surface area contributed by atoms with Crippen LogP contribution < -0.4 is 4.74 Å². The molecule has 1 aromatic rings. The summed E-state index contributed by atoms with van der Waals surface area (Å²) in [6.45, 7) is 1.61. The Balaban J connectivity index is 2.90. The van der Waals surface area contributed by atoms with Crippen LogP contribution in [0.1, 0.15) is 18.9 Å². The minimum atomic E-state index is -1.09. The van der Waals surface area contributed by atoms with E-state index in [9.17, 15) is 9.90 Å². The number of rotatable bonds is 4. The number of hydrogen-bond donors (Lipinski definition) is 1. The van der Waals surface area contributed by atoms with Crippen LogP contribution in [0, 0.1) is 0 Å². The van der Waals surface area contributed by atoms with Crippen molar-refractivity contribution in [3.8, 4) is 5.75 Å². The summed E-state index contributed by atoms with van der Waals surface area (Å²) in [7, 11) is 1.58. The Morgan fingerprint density at radius 2 is 2.00 bits per heavy atom. The van der Waals surface area contributed by atoms with Gasteiger partial charge in [0.05, 0.1) is 12.7 Å². The van der Waals surface area contributed by atoms with Crippen LogP contribution in [0.15, 0.2) is 24.3 Å². The number of ether oxygens (including phenoxy) is 1. The Morgan fingerprint density at radius 3 is 2.43 bits per heavy atom. The molecular weight excluding hydrogens is 180 g/mol. The predicted molar refractivity (Wildman–Crippen MR) is 53.2 cm³/mol. The van der Waals surface area contributed by atoms with Gasteiger partial charge in [-0.1, -0.05) is 12.1 Å². The van der Waals surface area contributed by atoms with Gasteiger partial charge in [-0.2, -0.15) is 0 Å². The minimum absolute atomic E-state index is 0.0966. The van der Waals surface area contributed by atoms with Gasteiger partial charge in [-0.3, -0.25) is 0 Å². The molecule has 0 heterocycles.